The first-order valence-corrected chi connectivity index (χ1v) is 10.4. The van der Waals surface area contributed by atoms with E-state index in [9.17, 15) is 0 Å². The molecule has 0 spiro atoms. The average molecular weight is 355 g/mol. The highest BCUT2D eigenvalue weighted by atomic mass is 15.1. The molecule has 1 aliphatic heterocycles. The third-order valence-electron chi connectivity index (χ3n) is 5.59. The molecule has 0 saturated heterocycles. The molecule has 1 unspecified atom stereocenters. The SMILES string of the molecule is C=CC1C(CCC2=C(/C(=C/CC)NC(C)C)CCCC2)=CC=C(C)N1C. The Labute approximate surface area is 161 Å². The van der Waals surface area contributed by atoms with Gasteiger partial charge < -0.3 is 10.2 Å². The standard InChI is InChI=1S/C24H38N2/c1-7-11-23(25-18(3)4)22-13-10-9-12-20(22)16-17-21-15-14-19(5)26(6)24(21)8-2/h8,11,14-15,18,24-25H,2,7,9-10,12-13,16-17H2,1,3-6H3/b23-11-. The summed E-state index contributed by atoms with van der Waals surface area (Å²) in [5.74, 6) is 0. The van der Waals surface area contributed by atoms with Crippen LogP contribution in [0.15, 0.2) is 59.0 Å². The number of hydrogen-bond acceptors (Lipinski definition) is 2. The van der Waals surface area contributed by atoms with Crippen molar-refractivity contribution < 1.29 is 0 Å². The van der Waals surface area contributed by atoms with Gasteiger partial charge in [-0.25, -0.2) is 0 Å². The van der Waals surface area contributed by atoms with Crippen LogP contribution in [0.2, 0.25) is 0 Å². The molecule has 1 atom stereocenters. The van der Waals surface area contributed by atoms with E-state index in [0.29, 0.717) is 12.1 Å². The van der Waals surface area contributed by atoms with Crippen LogP contribution >= 0.6 is 0 Å². The Morgan fingerprint density at radius 2 is 2.00 bits per heavy atom. The van der Waals surface area contributed by atoms with Crippen LogP contribution < -0.4 is 5.32 Å². The first-order valence-electron chi connectivity index (χ1n) is 10.4. The molecule has 26 heavy (non-hydrogen) atoms. The van der Waals surface area contributed by atoms with Gasteiger partial charge in [0.15, 0.2) is 0 Å². The number of nitrogens with one attached hydrogen (secondary N) is 1. The Hall–Kier alpha value is -1.70. The van der Waals surface area contributed by atoms with E-state index >= 15 is 0 Å². The molecular formula is C24H38N2. The second-order valence-electron chi connectivity index (χ2n) is 7.96. The van der Waals surface area contributed by atoms with E-state index in [1.165, 1.54) is 49.1 Å². The predicted molar refractivity (Wildman–Crippen MR) is 115 cm³/mol. The molecule has 2 aliphatic rings. The second-order valence-corrected chi connectivity index (χ2v) is 7.96. The maximum atomic E-state index is 4.07. The van der Waals surface area contributed by atoms with E-state index in [0.717, 1.165) is 12.8 Å². The first kappa shape index (κ1) is 20.6. The van der Waals surface area contributed by atoms with Gasteiger partial charge in [-0.1, -0.05) is 30.7 Å². The number of hydrogen-bond donors (Lipinski definition) is 1. The molecule has 0 radical (unpaired) electrons. The summed E-state index contributed by atoms with van der Waals surface area (Å²) in [6.07, 6.45) is 17.6. The quantitative estimate of drug-likeness (QED) is 0.518. The molecule has 0 bridgehead atoms. The Kier molecular flexibility index (Phi) is 7.81. The van der Waals surface area contributed by atoms with Crippen LogP contribution in [-0.4, -0.2) is 24.0 Å². The van der Waals surface area contributed by atoms with E-state index in [4.69, 9.17) is 0 Å². The molecule has 1 heterocycles. The molecule has 0 fully saturated rings. The van der Waals surface area contributed by atoms with E-state index < -0.39 is 0 Å². The van der Waals surface area contributed by atoms with Gasteiger partial charge >= 0.3 is 0 Å². The molecule has 1 aliphatic carbocycles. The number of nitrogens with zero attached hydrogens (tertiary/aromatic N) is 1. The molecule has 0 aromatic rings. The highest BCUT2D eigenvalue weighted by Crippen LogP contribution is 2.34. The minimum absolute atomic E-state index is 0.340. The Morgan fingerprint density at radius 1 is 1.27 bits per heavy atom. The minimum Gasteiger partial charge on any atom is -0.383 e. The summed E-state index contributed by atoms with van der Waals surface area (Å²) in [6, 6.07) is 0.823. The van der Waals surface area contributed by atoms with Crippen molar-refractivity contribution in [2.45, 2.75) is 84.7 Å². The summed E-state index contributed by atoms with van der Waals surface area (Å²) in [5, 5.41) is 3.71. The molecule has 2 heteroatoms. The molecule has 0 saturated carbocycles. The van der Waals surface area contributed by atoms with Crippen molar-refractivity contribution in [2.24, 2.45) is 0 Å². The molecule has 0 aromatic carbocycles. The van der Waals surface area contributed by atoms with E-state index in [2.05, 4.69) is 75.8 Å². The highest BCUT2D eigenvalue weighted by molar-refractivity contribution is 5.37. The predicted octanol–water partition coefficient (Wildman–Crippen LogP) is 6.26. The number of likely N-dealkylation sites (N-methyl/N-ethyl adjacent to an activating group) is 1. The van der Waals surface area contributed by atoms with Gasteiger partial charge in [0.25, 0.3) is 0 Å². The van der Waals surface area contributed by atoms with Gasteiger partial charge in [-0.3, -0.25) is 0 Å². The molecule has 1 N–H and O–H groups in total. The van der Waals surface area contributed by atoms with Crippen molar-refractivity contribution in [2.75, 3.05) is 7.05 Å². The zero-order valence-electron chi connectivity index (χ0n) is 17.6. The third kappa shape index (κ3) is 5.16. The maximum absolute atomic E-state index is 4.07. The molecule has 2 nitrogen and oxygen atoms in total. The average Bonchev–Trinajstić information content (AvgIpc) is 2.62. The maximum Gasteiger partial charge on any atom is 0.0680 e. The third-order valence-corrected chi connectivity index (χ3v) is 5.59. The van der Waals surface area contributed by atoms with Crippen molar-refractivity contribution in [3.8, 4) is 0 Å². The van der Waals surface area contributed by atoms with Crippen molar-refractivity contribution in [1.29, 1.82) is 0 Å². The number of allylic oxidation sites excluding steroid dienone is 6. The van der Waals surface area contributed by atoms with Gasteiger partial charge in [0.1, 0.15) is 0 Å². The normalized spacial score (nSPS) is 21.7. The van der Waals surface area contributed by atoms with E-state index in [1.54, 1.807) is 11.1 Å². The fourth-order valence-corrected chi connectivity index (χ4v) is 4.10. The lowest BCUT2D eigenvalue weighted by Gasteiger charge is -2.33. The second kappa shape index (κ2) is 9.85. The van der Waals surface area contributed by atoms with Crippen LogP contribution in [0.25, 0.3) is 0 Å². The zero-order valence-corrected chi connectivity index (χ0v) is 17.6. The van der Waals surface area contributed by atoms with Gasteiger partial charge in [0.2, 0.25) is 0 Å². The summed E-state index contributed by atoms with van der Waals surface area (Å²) in [6.45, 7) is 12.9. The smallest absolute Gasteiger partial charge is 0.0680 e. The van der Waals surface area contributed by atoms with Crippen LogP contribution in [0.1, 0.15) is 72.6 Å². The summed E-state index contributed by atoms with van der Waals surface area (Å²) in [5.41, 5.74) is 7.46. The molecule has 2 rings (SSSR count). The van der Waals surface area contributed by atoms with Crippen molar-refractivity contribution >= 4 is 0 Å². The largest absolute Gasteiger partial charge is 0.383 e. The zero-order chi connectivity index (χ0) is 19.1. The molecule has 0 aromatic heterocycles. The fraction of sp³-hybridized carbons (Fsp3) is 0.583. The Balaban J connectivity index is 2.20. The van der Waals surface area contributed by atoms with Crippen LogP contribution in [0.3, 0.4) is 0 Å². The monoisotopic (exact) mass is 354 g/mol. The van der Waals surface area contributed by atoms with Crippen molar-refractivity contribution in [1.82, 2.24) is 10.2 Å². The van der Waals surface area contributed by atoms with E-state index in [1.807, 2.05) is 0 Å². The van der Waals surface area contributed by atoms with Crippen LogP contribution in [0.4, 0.5) is 0 Å². The first-order chi connectivity index (χ1) is 12.5. The van der Waals surface area contributed by atoms with Gasteiger partial charge in [0.05, 0.1) is 6.04 Å². The summed E-state index contributed by atoms with van der Waals surface area (Å²) in [4.78, 5) is 2.33. The minimum atomic E-state index is 0.340. The molecular weight excluding hydrogens is 316 g/mol. The summed E-state index contributed by atoms with van der Waals surface area (Å²) >= 11 is 0. The van der Waals surface area contributed by atoms with Crippen LogP contribution in [0, 0.1) is 0 Å². The summed E-state index contributed by atoms with van der Waals surface area (Å²) in [7, 11) is 2.17. The Bertz CT molecular complexity index is 616. The Morgan fingerprint density at radius 3 is 2.65 bits per heavy atom. The molecule has 0 amide bonds. The van der Waals surface area contributed by atoms with Crippen molar-refractivity contribution in [3.63, 3.8) is 0 Å². The highest BCUT2D eigenvalue weighted by Gasteiger charge is 2.21. The van der Waals surface area contributed by atoms with Gasteiger partial charge in [-0.05, 0) is 82.9 Å². The lowest BCUT2D eigenvalue weighted by Crippen LogP contribution is -2.32. The van der Waals surface area contributed by atoms with E-state index in [-0.39, 0.29) is 0 Å². The molecule has 144 valence electrons. The van der Waals surface area contributed by atoms with Crippen LogP contribution in [0.5, 0.6) is 0 Å². The summed E-state index contributed by atoms with van der Waals surface area (Å²) < 4.78 is 0. The van der Waals surface area contributed by atoms with Crippen LogP contribution in [-0.2, 0) is 0 Å². The fourth-order valence-electron chi connectivity index (χ4n) is 4.10. The number of rotatable bonds is 8. The van der Waals surface area contributed by atoms with Gasteiger partial charge in [-0.2, -0.15) is 0 Å². The topological polar surface area (TPSA) is 15.3 Å². The lowest BCUT2D eigenvalue weighted by molar-refractivity contribution is 0.375. The van der Waals surface area contributed by atoms with Gasteiger partial charge in [-0.15, -0.1) is 6.58 Å². The van der Waals surface area contributed by atoms with Crippen molar-refractivity contribution in [3.05, 3.63) is 59.0 Å². The lowest BCUT2D eigenvalue weighted by atomic mass is 9.85. The van der Waals surface area contributed by atoms with Gasteiger partial charge in [0, 0.05) is 24.5 Å².